The second-order valence-electron chi connectivity index (χ2n) is 3.98. The van der Waals surface area contributed by atoms with Crippen LogP contribution in [0.15, 0.2) is 0 Å². The average Bonchev–Trinajstić information content (AvgIpc) is 2.19. The van der Waals surface area contributed by atoms with Gasteiger partial charge in [-0.3, -0.25) is 9.11 Å². The summed E-state index contributed by atoms with van der Waals surface area (Å²) in [4.78, 5) is 2.47. The molecule has 1 aliphatic rings. The molecule has 1 N–H and O–H groups in total. The Hall–Kier alpha value is 0.0700. The molecule has 1 atom stereocenters. The number of nitrogens with one attached hydrogen (secondary N) is 1. The van der Waals surface area contributed by atoms with Gasteiger partial charge in [0.15, 0.2) is 0 Å². The van der Waals surface area contributed by atoms with Gasteiger partial charge in [-0.25, -0.2) is 0 Å². The largest absolute Gasteiger partial charge is 0.320 e. The van der Waals surface area contributed by atoms with Gasteiger partial charge in [0.2, 0.25) is 0 Å². The fourth-order valence-corrected chi connectivity index (χ4v) is 2.93. The molecule has 1 heterocycles. The third kappa shape index (κ3) is 4.07. The second-order valence-corrected chi connectivity index (χ2v) is 5.67. The van der Waals surface area contributed by atoms with Gasteiger partial charge < -0.3 is 5.32 Å². The molecule has 0 aromatic heterocycles. The second kappa shape index (κ2) is 6.53. The van der Waals surface area contributed by atoms with E-state index in [0.29, 0.717) is 6.04 Å². The van der Waals surface area contributed by atoms with Crippen LogP contribution in [-0.2, 0) is 10.8 Å². The van der Waals surface area contributed by atoms with Gasteiger partial charge in [0.1, 0.15) is 0 Å². The van der Waals surface area contributed by atoms with E-state index >= 15 is 0 Å². The summed E-state index contributed by atoms with van der Waals surface area (Å²) in [5.41, 5.74) is 0. The van der Waals surface area contributed by atoms with E-state index in [2.05, 4.69) is 17.1 Å². The van der Waals surface area contributed by atoms with Crippen LogP contribution in [-0.4, -0.2) is 53.3 Å². The van der Waals surface area contributed by atoms with Crippen molar-refractivity contribution in [1.29, 1.82) is 0 Å². The minimum Gasteiger partial charge on any atom is -0.320 e. The van der Waals surface area contributed by atoms with Crippen molar-refractivity contribution in [2.75, 3.05) is 38.2 Å². The summed E-state index contributed by atoms with van der Waals surface area (Å²) in [7, 11) is 1.46. The SMILES string of the molecule is CNCCCC(C)N1CCS(=O)CC1. The molecule has 1 aliphatic heterocycles. The lowest BCUT2D eigenvalue weighted by atomic mass is 10.1. The first-order chi connectivity index (χ1) is 6.74. The van der Waals surface area contributed by atoms with Gasteiger partial charge in [0.25, 0.3) is 0 Å². The highest BCUT2D eigenvalue weighted by atomic mass is 32.2. The maximum absolute atomic E-state index is 11.2. The Kier molecular flexibility index (Phi) is 5.67. The standard InChI is InChI=1S/C10H22N2OS/c1-10(4-3-5-11-2)12-6-8-14(13)9-7-12/h10-11H,3-9H2,1-2H3. The Bertz CT molecular complexity index is 177. The van der Waals surface area contributed by atoms with Gasteiger partial charge >= 0.3 is 0 Å². The summed E-state index contributed by atoms with van der Waals surface area (Å²) in [5, 5.41) is 3.17. The number of hydrogen-bond donors (Lipinski definition) is 1. The van der Waals surface area contributed by atoms with Crippen molar-refractivity contribution < 1.29 is 4.21 Å². The van der Waals surface area contributed by atoms with E-state index in [-0.39, 0.29) is 0 Å². The van der Waals surface area contributed by atoms with Gasteiger partial charge in [0, 0.05) is 41.4 Å². The minimum atomic E-state index is -0.539. The van der Waals surface area contributed by atoms with Gasteiger partial charge in [-0.15, -0.1) is 0 Å². The monoisotopic (exact) mass is 218 g/mol. The molecule has 0 aliphatic carbocycles. The predicted octanol–water partition coefficient (Wildman–Crippen LogP) is 0.439. The molecule has 1 saturated heterocycles. The molecular weight excluding hydrogens is 196 g/mol. The zero-order valence-corrected chi connectivity index (χ0v) is 10.1. The van der Waals surface area contributed by atoms with Gasteiger partial charge in [-0.2, -0.15) is 0 Å². The van der Waals surface area contributed by atoms with Crippen LogP contribution in [0.5, 0.6) is 0 Å². The summed E-state index contributed by atoms with van der Waals surface area (Å²) in [6, 6.07) is 0.653. The van der Waals surface area contributed by atoms with Gasteiger partial charge in [-0.1, -0.05) is 0 Å². The Morgan fingerprint density at radius 2 is 2.07 bits per heavy atom. The zero-order valence-electron chi connectivity index (χ0n) is 9.29. The van der Waals surface area contributed by atoms with Crippen LogP contribution in [0.1, 0.15) is 19.8 Å². The minimum absolute atomic E-state index is 0.539. The molecule has 1 fully saturated rings. The third-order valence-electron chi connectivity index (χ3n) is 2.88. The Morgan fingerprint density at radius 3 is 2.64 bits per heavy atom. The lowest BCUT2D eigenvalue weighted by Gasteiger charge is -2.32. The first kappa shape index (κ1) is 12.1. The van der Waals surface area contributed by atoms with Crippen LogP contribution < -0.4 is 5.32 Å². The highest BCUT2D eigenvalue weighted by molar-refractivity contribution is 7.85. The van der Waals surface area contributed by atoms with E-state index in [0.717, 1.165) is 31.1 Å². The maximum Gasteiger partial charge on any atom is 0.0363 e. The quantitative estimate of drug-likeness (QED) is 0.680. The molecule has 14 heavy (non-hydrogen) atoms. The Morgan fingerprint density at radius 1 is 1.43 bits per heavy atom. The van der Waals surface area contributed by atoms with Crippen molar-refractivity contribution in [3.8, 4) is 0 Å². The maximum atomic E-state index is 11.2. The van der Waals surface area contributed by atoms with E-state index in [1.54, 1.807) is 0 Å². The molecule has 0 aromatic carbocycles. The summed E-state index contributed by atoms with van der Waals surface area (Å²) in [5.74, 6) is 1.74. The smallest absolute Gasteiger partial charge is 0.0363 e. The van der Waals surface area contributed by atoms with Crippen molar-refractivity contribution in [2.45, 2.75) is 25.8 Å². The molecule has 0 radical (unpaired) electrons. The van der Waals surface area contributed by atoms with Crippen molar-refractivity contribution in [3.05, 3.63) is 0 Å². The van der Waals surface area contributed by atoms with Crippen molar-refractivity contribution in [1.82, 2.24) is 10.2 Å². The number of nitrogens with zero attached hydrogens (tertiary/aromatic N) is 1. The fraction of sp³-hybridized carbons (Fsp3) is 1.00. The van der Waals surface area contributed by atoms with E-state index in [4.69, 9.17) is 0 Å². The topological polar surface area (TPSA) is 32.3 Å². The Balaban J connectivity index is 2.16. The van der Waals surface area contributed by atoms with Gasteiger partial charge in [0.05, 0.1) is 0 Å². The first-order valence-electron chi connectivity index (χ1n) is 5.47. The van der Waals surface area contributed by atoms with Crippen LogP contribution >= 0.6 is 0 Å². The van der Waals surface area contributed by atoms with E-state index in [9.17, 15) is 4.21 Å². The molecule has 0 amide bonds. The van der Waals surface area contributed by atoms with E-state index < -0.39 is 10.8 Å². The number of rotatable bonds is 5. The lowest BCUT2D eigenvalue weighted by Crippen LogP contribution is -2.43. The molecule has 0 bridgehead atoms. The highest BCUT2D eigenvalue weighted by Gasteiger charge is 2.19. The van der Waals surface area contributed by atoms with E-state index in [1.807, 2.05) is 7.05 Å². The molecule has 4 heteroatoms. The van der Waals surface area contributed by atoms with Gasteiger partial charge in [-0.05, 0) is 33.4 Å². The normalized spacial score (nSPS) is 22.4. The molecule has 0 spiro atoms. The summed E-state index contributed by atoms with van der Waals surface area (Å²) in [6.45, 7) is 5.43. The number of hydrogen-bond acceptors (Lipinski definition) is 3. The zero-order chi connectivity index (χ0) is 10.4. The molecule has 3 nitrogen and oxygen atoms in total. The predicted molar refractivity (Wildman–Crippen MR) is 62.1 cm³/mol. The van der Waals surface area contributed by atoms with Crippen LogP contribution in [0.3, 0.4) is 0 Å². The third-order valence-corrected chi connectivity index (χ3v) is 4.16. The van der Waals surface area contributed by atoms with Crippen LogP contribution in [0.2, 0.25) is 0 Å². The molecule has 1 rings (SSSR count). The highest BCUT2D eigenvalue weighted by Crippen LogP contribution is 2.09. The first-order valence-corrected chi connectivity index (χ1v) is 6.96. The Labute approximate surface area is 89.7 Å². The van der Waals surface area contributed by atoms with Crippen molar-refractivity contribution in [3.63, 3.8) is 0 Å². The molecule has 0 saturated carbocycles. The molecular formula is C10H22N2OS. The van der Waals surface area contributed by atoms with Crippen LogP contribution in [0, 0.1) is 0 Å². The van der Waals surface area contributed by atoms with Crippen LogP contribution in [0.4, 0.5) is 0 Å². The summed E-state index contributed by atoms with van der Waals surface area (Å²) >= 11 is 0. The summed E-state index contributed by atoms with van der Waals surface area (Å²) < 4.78 is 11.2. The van der Waals surface area contributed by atoms with Crippen molar-refractivity contribution in [2.24, 2.45) is 0 Å². The molecule has 0 aromatic rings. The average molecular weight is 218 g/mol. The van der Waals surface area contributed by atoms with E-state index in [1.165, 1.54) is 12.8 Å². The van der Waals surface area contributed by atoms with Crippen molar-refractivity contribution >= 4 is 10.8 Å². The van der Waals surface area contributed by atoms with Crippen LogP contribution in [0.25, 0.3) is 0 Å². The lowest BCUT2D eigenvalue weighted by molar-refractivity contribution is 0.215. The molecule has 1 unspecified atom stereocenters. The fourth-order valence-electron chi connectivity index (χ4n) is 1.85. The molecule has 84 valence electrons. The summed E-state index contributed by atoms with van der Waals surface area (Å²) in [6.07, 6.45) is 2.48.